The molecule has 1 N–H and O–H groups in total. The molecule has 0 unspecified atom stereocenters. The number of hydrogen-bond acceptors (Lipinski definition) is 5. The van der Waals surface area contributed by atoms with E-state index in [2.05, 4.69) is 6.58 Å². The van der Waals surface area contributed by atoms with Gasteiger partial charge in [0.15, 0.2) is 0 Å². The Morgan fingerprint density at radius 1 is 1.00 bits per heavy atom. The number of aliphatic hydroxyl groups excluding tert-OH is 1. The average Bonchev–Trinajstić information content (AvgIpc) is 2.57. The second kappa shape index (κ2) is 8.05. The number of esters is 1. The van der Waals surface area contributed by atoms with Gasteiger partial charge in [-0.05, 0) is 12.1 Å². The van der Waals surface area contributed by atoms with Gasteiger partial charge < -0.3 is 19.3 Å². The van der Waals surface area contributed by atoms with Gasteiger partial charge in [0.2, 0.25) is 0 Å². The number of ether oxygens (including phenoxy) is 3. The molecule has 2 aromatic carbocycles. The molecule has 0 aliphatic rings. The van der Waals surface area contributed by atoms with Crippen LogP contribution in [0.4, 0.5) is 0 Å². The van der Waals surface area contributed by atoms with Gasteiger partial charge in [0.1, 0.15) is 31.3 Å². The first-order valence-corrected chi connectivity index (χ1v) is 6.93. The van der Waals surface area contributed by atoms with Crippen molar-refractivity contribution < 1.29 is 24.1 Å². The Morgan fingerprint density at radius 2 is 1.59 bits per heavy atom. The third-order valence-electron chi connectivity index (χ3n) is 2.94. The van der Waals surface area contributed by atoms with Crippen LogP contribution in [-0.2, 0) is 9.53 Å². The normalized spacial score (nSPS) is 10.2. The van der Waals surface area contributed by atoms with Crippen LogP contribution in [0.2, 0.25) is 0 Å². The molecule has 0 aromatic heterocycles. The summed E-state index contributed by atoms with van der Waals surface area (Å²) in [5.41, 5.74) is 0. The molecule has 5 heteroatoms. The van der Waals surface area contributed by atoms with Crippen molar-refractivity contribution in [2.24, 2.45) is 0 Å². The van der Waals surface area contributed by atoms with Crippen molar-refractivity contribution in [1.82, 2.24) is 0 Å². The molecule has 2 rings (SSSR count). The quantitative estimate of drug-likeness (QED) is 0.460. The fourth-order valence-corrected chi connectivity index (χ4v) is 2.00. The molecule has 0 amide bonds. The molecule has 0 aliphatic heterocycles. The van der Waals surface area contributed by atoms with Crippen molar-refractivity contribution in [2.45, 2.75) is 0 Å². The van der Waals surface area contributed by atoms with Gasteiger partial charge in [-0.15, -0.1) is 0 Å². The largest absolute Gasteiger partial charge is 0.491 e. The molecule has 0 spiro atoms. The summed E-state index contributed by atoms with van der Waals surface area (Å²) in [5, 5.41) is 10.7. The number of fused-ring (bicyclic) bond motifs is 1. The lowest BCUT2D eigenvalue weighted by Crippen LogP contribution is -2.10. The predicted molar refractivity (Wildman–Crippen MR) is 83.2 cm³/mol. The van der Waals surface area contributed by atoms with E-state index in [9.17, 15) is 4.79 Å². The van der Waals surface area contributed by atoms with E-state index < -0.39 is 5.97 Å². The van der Waals surface area contributed by atoms with Crippen LogP contribution in [0.1, 0.15) is 0 Å². The van der Waals surface area contributed by atoms with E-state index in [4.69, 9.17) is 19.3 Å². The van der Waals surface area contributed by atoms with Crippen LogP contribution in [0, 0.1) is 0 Å². The Labute approximate surface area is 128 Å². The minimum atomic E-state index is -0.471. The van der Waals surface area contributed by atoms with E-state index in [1.54, 1.807) is 12.1 Å². The SMILES string of the molecule is C=CC(=O)OCCOc1ccc(OCCO)c2ccccc12. The van der Waals surface area contributed by atoms with E-state index in [0.717, 1.165) is 16.8 Å². The number of hydrogen-bond donors (Lipinski definition) is 1. The van der Waals surface area contributed by atoms with E-state index in [1.807, 2.05) is 24.3 Å². The predicted octanol–water partition coefficient (Wildman–Crippen LogP) is 2.32. The van der Waals surface area contributed by atoms with Crippen molar-refractivity contribution in [3.63, 3.8) is 0 Å². The zero-order valence-electron chi connectivity index (χ0n) is 12.2. The molecule has 116 valence electrons. The molecule has 0 saturated heterocycles. The molecule has 0 heterocycles. The number of aliphatic hydroxyl groups is 1. The van der Waals surface area contributed by atoms with Crippen LogP contribution in [0.15, 0.2) is 49.1 Å². The van der Waals surface area contributed by atoms with Gasteiger partial charge in [-0.2, -0.15) is 0 Å². The van der Waals surface area contributed by atoms with Crippen molar-refractivity contribution >= 4 is 16.7 Å². The Bertz CT molecular complexity index is 651. The highest BCUT2D eigenvalue weighted by Gasteiger charge is 2.08. The summed E-state index contributed by atoms with van der Waals surface area (Å²) < 4.78 is 16.0. The standard InChI is InChI=1S/C17H18O5/c1-2-17(19)22-12-11-21-16-8-7-15(20-10-9-18)13-5-3-4-6-14(13)16/h2-8,18H,1,9-12H2. The molecule has 0 fully saturated rings. The van der Waals surface area contributed by atoms with Crippen LogP contribution >= 0.6 is 0 Å². The Morgan fingerprint density at radius 3 is 2.14 bits per heavy atom. The lowest BCUT2D eigenvalue weighted by molar-refractivity contribution is -0.138. The zero-order chi connectivity index (χ0) is 15.8. The highest BCUT2D eigenvalue weighted by molar-refractivity contribution is 5.93. The van der Waals surface area contributed by atoms with Crippen molar-refractivity contribution in [1.29, 1.82) is 0 Å². The molecule has 0 radical (unpaired) electrons. The minimum Gasteiger partial charge on any atom is -0.491 e. The third-order valence-corrected chi connectivity index (χ3v) is 2.94. The number of carbonyl (C=O) groups excluding carboxylic acids is 1. The second-order valence-electron chi connectivity index (χ2n) is 4.40. The molecule has 0 aliphatic carbocycles. The number of benzene rings is 2. The highest BCUT2D eigenvalue weighted by atomic mass is 16.6. The lowest BCUT2D eigenvalue weighted by atomic mass is 10.1. The topological polar surface area (TPSA) is 65.0 Å². The summed E-state index contributed by atoms with van der Waals surface area (Å²) in [6.45, 7) is 3.93. The van der Waals surface area contributed by atoms with Crippen LogP contribution in [0.5, 0.6) is 11.5 Å². The summed E-state index contributed by atoms with van der Waals surface area (Å²) in [6.07, 6.45) is 1.11. The molecule has 0 bridgehead atoms. The van der Waals surface area contributed by atoms with Crippen LogP contribution in [0.25, 0.3) is 10.8 Å². The van der Waals surface area contributed by atoms with Crippen molar-refractivity contribution in [3.8, 4) is 11.5 Å². The first-order valence-electron chi connectivity index (χ1n) is 6.93. The molecule has 22 heavy (non-hydrogen) atoms. The fourth-order valence-electron chi connectivity index (χ4n) is 2.00. The number of carbonyl (C=O) groups is 1. The maximum atomic E-state index is 10.9. The van der Waals surface area contributed by atoms with E-state index in [0.29, 0.717) is 11.5 Å². The maximum absolute atomic E-state index is 10.9. The van der Waals surface area contributed by atoms with E-state index in [1.165, 1.54) is 0 Å². The van der Waals surface area contributed by atoms with Crippen LogP contribution < -0.4 is 9.47 Å². The molecule has 0 atom stereocenters. The lowest BCUT2D eigenvalue weighted by Gasteiger charge is -2.13. The van der Waals surface area contributed by atoms with Crippen LogP contribution in [-0.4, -0.2) is 37.5 Å². The monoisotopic (exact) mass is 302 g/mol. The van der Waals surface area contributed by atoms with E-state index >= 15 is 0 Å². The van der Waals surface area contributed by atoms with Gasteiger partial charge in [-0.25, -0.2) is 4.79 Å². The summed E-state index contributed by atoms with van der Waals surface area (Å²) in [6, 6.07) is 11.2. The zero-order valence-corrected chi connectivity index (χ0v) is 12.2. The second-order valence-corrected chi connectivity index (χ2v) is 4.40. The Balaban J connectivity index is 2.10. The summed E-state index contributed by atoms with van der Waals surface area (Å²) in [4.78, 5) is 10.9. The fraction of sp³-hybridized carbons (Fsp3) is 0.235. The van der Waals surface area contributed by atoms with E-state index in [-0.39, 0.29) is 26.4 Å². The molecule has 0 saturated carbocycles. The molecule has 5 nitrogen and oxygen atoms in total. The molecule has 2 aromatic rings. The van der Waals surface area contributed by atoms with Gasteiger partial charge in [0.25, 0.3) is 0 Å². The van der Waals surface area contributed by atoms with Crippen LogP contribution in [0.3, 0.4) is 0 Å². The van der Waals surface area contributed by atoms with Crippen molar-refractivity contribution in [2.75, 3.05) is 26.4 Å². The van der Waals surface area contributed by atoms with Gasteiger partial charge >= 0.3 is 5.97 Å². The smallest absolute Gasteiger partial charge is 0.330 e. The summed E-state index contributed by atoms with van der Waals surface area (Å²) in [7, 11) is 0. The minimum absolute atomic E-state index is 0.0404. The Kier molecular flexibility index (Phi) is 5.80. The van der Waals surface area contributed by atoms with Gasteiger partial charge in [-0.1, -0.05) is 30.8 Å². The van der Waals surface area contributed by atoms with Gasteiger partial charge in [-0.3, -0.25) is 0 Å². The average molecular weight is 302 g/mol. The van der Waals surface area contributed by atoms with Crippen molar-refractivity contribution in [3.05, 3.63) is 49.1 Å². The maximum Gasteiger partial charge on any atom is 0.330 e. The first kappa shape index (κ1) is 15.9. The Hall–Kier alpha value is -2.53. The number of rotatable bonds is 8. The first-order chi connectivity index (χ1) is 10.8. The molecular weight excluding hydrogens is 284 g/mol. The molecular formula is C17H18O5. The summed E-state index contributed by atoms with van der Waals surface area (Å²) in [5.74, 6) is 0.901. The van der Waals surface area contributed by atoms with Gasteiger partial charge in [0.05, 0.1) is 6.61 Å². The summed E-state index contributed by atoms with van der Waals surface area (Å²) >= 11 is 0. The van der Waals surface area contributed by atoms with Gasteiger partial charge in [0, 0.05) is 16.8 Å². The highest BCUT2D eigenvalue weighted by Crippen LogP contribution is 2.33. The third kappa shape index (κ3) is 3.99.